The fourth-order valence-corrected chi connectivity index (χ4v) is 6.30. The van der Waals surface area contributed by atoms with Gasteiger partial charge in [-0.05, 0) is 76.6 Å². The number of carbonyl (C=O) groups is 3. The number of nitrogens with one attached hydrogen (secondary N) is 3. The van der Waals surface area contributed by atoms with Gasteiger partial charge in [-0.3, -0.25) is 4.79 Å². The second-order valence-electron chi connectivity index (χ2n) is 13.6. The molecular weight excluding hydrogens is 664 g/mol. The van der Waals surface area contributed by atoms with Gasteiger partial charge < -0.3 is 44.9 Å². The predicted molar refractivity (Wildman–Crippen MR) is 201 cm³/mol. The lowest BCUT2D eigenvalue weighted by Crippen LogP contribution is -2.48. The number of amides is 5. The summed E-state index contributed by atoms with van der Waals surface area (Å²) in [5.74, 6) is 0.241. The quantitative estimate of drug-likeness (QED) is 0.159. The average Bonchev–Trinajstić information content (AvgIpc) is 3.44. The molecule has 2 heterocycles. The van der Waals surface area contributed by atoms with Crippen LogP contribution >= 0.6 is 0 Å². The predicted octanol–water partition coefficient (Wildman–Crippen LogP) is 7.05. The molecule has 0 spiro atoms. The molecule has 278 valence electrons. The molecule has 0 saturated carbocycles. The van der Waals surface area contributed by atoms with E-state index in [4.69, 9.17) is 14.0 Å². The van der Waals surface area contributed by atoms with Crippen LogP contribution < -0.4 is 20.7 Å². The van der Waals surface area contributed by atoms with Gasteiger partial charge in [-0.15, -0.1) is 0 Å². The van der Waals surface area contributed by atoms with Crippen molar-refractivity contribution in [2.24, 2.45) is 5.92 Å². The molecule has 1 aliphatic heterocycles. The summed E-state index contributed by atoms with van der Waals surface area (Å²) < 4.78 is 17.9. The number of rotatable bonds is 7. The minimum atomic E-state index is -0.555. The van der Waals surface area contributed by atoms with Crippen LogP contribution in [0.25, 0.3) is 10.8 Å². The molecule has 0 aliphatic carbocycles. The fourth-order valence-electron chi connectivity index (χ4n) is 6.30. The average molecular weight is 715 g/mol. The largest absolute Gasteiger partial charge is 0.490 e. The number of aliphatic hydroxyl groups is 1. The highest BCUT2D eigenvalue weighted by Crippen LogP contribution is 2.29. The van der Waals surface area contributed by atoms with Crippen LogP contribution in [-0.2, 0) is 4.74 Å². The number of nitrogens with zero attached hydrogens (tertiary/aromatic N) is 3. The van der Waals surface area contributed by atoms with Crippen LogP contribution in [0.4, 0.5) is 26.7 Å². The highest BCUT2D eigenvalue weighted by molar-refractivity contribution is 6.03. The molecule has 0 saturated heterocycles. The van der Waals surface area contributed by atoms with Gasteiger partial charge in [-0.25, -0.2) is 9.59 Å². The van der Waals surface area contributed by atoms with Crippen LogP contribution in [0.2, 0.25) is 0 Å². The third kappa shape index (κ3) is 9.39. The summed E-state index contributed by atoms with van der Waals surface area (Å²) in [6.45, 7) is 9.83. The number of carbonyl (C=O) groups excluding carboxylic acids is 3. The number of likely N-dealkylation sites (N-methyl/N-ethyl adjacent to an activating group) is 1. The van der Waals surface area contributed by atoms with Gasteiger partial charge in [0.1, 0.15) is 17.1 Å². The van der Waals surface area contributed by atoms with Crippen LogP contribution in [0.1, 0.15) is 61.8 Å². The summed E-state index contributed by atoms with van der Waals surface area (Å²) in [4.78, 5) is 44.1. The fraction of sp³-hybridized carbons (Fsp3) is 0.436. The SMILES string of the molecule is Cc1noc(C)c1NC(=O)Nc1ccc2c(c1)C(=O)N([C@@H](C)CO)C[C@H](C)[C@@H](CN(C)C(=O)Nc1cccc3ccccc13)OCCCC[C@@H](C)O2. The van der Waals surface area contributed by atoms with Gasteiger partial charge >= 0.3 is 12.1 Å². The monoisotopic (exact) mass is 714 g/mol. The molecule has 1 aromatic heterocycles. The zero-order valence-electron chi connectivity index (χ0n) is 30.8. The summed E-state index contributed by atoms with van der Waals surface area (Å²) in [5, 5.41) is 24.7. The first-order chi connectivity index (χ1) is 24.9. The van der Waals surface area contributed by atoms with Gasteiger partial charge in [0.2, 0.25) is 0 Å². The molecule has 3 aromatic carbocycles. The Hall–Kier alpha value is -5.14. The molecule has 0 radical (unpaired) electrons. The molecule has 1 aliphatic rings. The molecular formula is C39H50N6O7. The van der Waals surface area contributed by atoms with Crippen molar-refractivity contribution in [1.82, 2.24) is 15.0 Å². The Morgan fingerprint density at radius 1 is 1.04 bits per heavy atom. The Bertz CT molecular complexity index is 1840. The number of benzene rings is 3. The Morgan fingerprint density at radius 3 is 2.56 bits per heavy atom. The maximum absolute atomic E-state index is 14.5. The van der Waals surface area contributed by atoms with Crippen molar-refractivity contribution in [3.8, 4) is 5.75 Å². The van der Waals surface area contributed by atoms with E-state index in [-0.39, 0.29) is 49.2 Å². The third-order valence-electron chi connectivity index (χ3n) is 9.41. The Morgan fingerprint density at radius 2 is 1.81 bits per heavy atom. The second-order valence-corrected chi connectivity index (χ2v) is 13.6. The van der Waals surface area contributed by atoms with Crippen LogP contribution in [0.15, 0.2) is 65.2 Å². The van der Waals surface area contributed by atoms with Crippen molar-refractivity contribution >= 4 is 45.8 Å². The zero-order chi connectivity index (χ0) is 37.4. The van der Waals surface area contributed by atoms with E-state index < -0.39 is 18.2 Å². The highest BCUT2D eigenvalue weighted by atomic mass is 16.5. The van der Waals surface area contributed by atoms with E-state index in [9.17, 15) is 19.5 Å². The molecule has 0 bridgehead atoms. The number of hydrogen-bond donors (Lipinski definition) is 4. The Labute approximate surface area is 304 Å². The first-order valence-corrected chi connectivity index (χ1v) is 17.8. The normalized spacial score (nSPS) is 19.2. The molecule has 5 rings (SSSR count). The molecule has 0 unspecified atom stereocenters. The molecule has 0 fully saturated rings. The molecule has 5 amide bonds. The lowest BCUT2D eigenvalue weighted by atomic mass is 10.0. The third-order valence-corrected chi connectivity index (χ3v) is 9.41. The van der Waals surface area contributed by atoms with Crippen molar-refractivity contribution in [2.75, 3.05) is 49.3 Å². The highest BCUT2D eigenvalue weighted by Gasteiger charge is 2.31. The van der Waals surface area contributed by atoms with Crippen LogP contribution in [0.5, 0.6) is 5.75 Å². The van der Waals surface area contributed by atoms with E-state index >= 15 is 0 Å². The Kier molecular flexibility index (Phi) is 12.7. The number of anilines is 3. The van der Waals surface area contributed by atoms with E-state index in [1.807, 2.05) is 56.3 Å². The molecule has 4 atom stereocenters. The van der Waals surface area contributed by atoms with E-state index in [0.717, 1.165) is 30.0 Å². The summed E-state index contributed by atoms with van der Waals surface area (Å²) in [6.07, 6.45) is 1.72. The van der Waals surface area contributed by atoms with Crippen molar-refractivity contribution in [1.29, 1.82) is 0 Å². The topological polar surface area (TPSA) is 158 Å². The van der Waals surface area contributed by atoms with Crippen LogP contribution in [0.3, 0.4) is 0 Å². The minimum Gasteiger partial charge on any atom is -0.490 e. The minimum absolute atomic E-state index is 0.210. The van der Waals surface area contributed by atoms with E-state index in [2.05, 4.69) is 21.1 Å². The van der Waals surface area contributed by atoms with Gasteiger partial charge in [-0.1, -0.05) is 48.5 Å². The van der Waals surface area contributed by atoms with Crippen LogP contribution in [0, 0.1) is 19.8 Å². The number of aromatic nitrogens is 1. The van der Waals surface area contributed by atoms with Crippen LogP contribution in [-0.4, -0.2) is 89.6 Å². The summed E-state index contributed by atoms with van der Waals surface area (Å²) in [6, 6.07) is 17.3. The summed E-state index contributed by atoms with van der Waals surface area (Å²) >= 11 is 0. The maximum atomic E-state index is 14.5. The van der Waals surface area contributed by atoms with Crippen molar-refractivity contribution in [3.05, 3.63) is 77.7 Å². The number of aliphatic hydroxyl groups excluding tert-OH is 1. The van der Waals surface area contributed by atoms with Crippen molar-refractivity contribution < 1.29 is 33.5 Å². The van der Waals surface area contributed by atoms with E-state index in [1.165, 1.54) is 0 Å². The number of fused-ring (bicyclic) bond motifs is 2. The smallest absolute Gasteiger partial charge is 0.323 e. The van der Waals surface area contributed by atoms with Gasteiger partial charge in [0.05, 0.1) is 36.1 Å². The molecule has 4 aromatic rings. The van der Waals surface area contributed by atoms with Gasteiger partial charge in [-0.2, -0.15) is 0 Å². The zero-order valence-corrected chi connectivity index (χ0v) is 30.8. The lowest BCUT2D eigenvalue weighted by molar-refractivity contribution is -0.0115. The summed E-state index contributed by atoms with van der Waals surface area (Å²) in [5.41, 5.74) is 2.34. The lowest BCUT2D eigenvalue weighted by Gasteiger charge is -2.35. The molecule has 13 nitrogen and oxygen atoms in total. The van der Waals surface area contributed by atoms with Crippen molar-refractivity contribution in [3.63, 3.8) is 0 Å². The standard InChI is InChI=1S/C39H50N6O7/c1-24-21-45(25(2)23-46)37(47)32-20-30(40-38(48)42-36-27(4)43-52-28(36)5)17-18-34(32)51-26(3)12-9-10-19-50-35(24)22-44(6)39(49)41-33-16-11-14-29-13-7-8-15-31(29)33/h7-8,11,13-18,20,24-26,35,46H,9-10,12,19,21-23H2,1-6H3,(H,41,49)(H2,40,42,48)/t24-,25-,26+,35+/m0/s1. The van der Waals surface area contributed by atoms with Gasteiger partial charge in [0, 0.05) is 43.7 Å². The summed E-state index contributed by atoms with van der Waals surface area (Å²) in [7, 11) is 1.73. The second kappa shape index (κ2) is 17.4. The molecule has 52 heavy (non-hydrogen) atoms. The number of ether oxygens (including phenoxy) is 2. The number of aryl methyl sites for hydroxylation is 2. The van der Waals surface area contributed by atoms with E-state index in [1.54, 1.807) is 55.8 Å². The maximum Gasteiger partial charge on any atom is 0.323 e. The van der Waals surface area contributed by atoms with Gasteiger partial charge in [0.15, 0.2) is 5.76 Å². The van der Waals surface area contributed by atoms with Gasteiger partial charge in [0.25, 0.3) is 5.91 Å². The van der Waals surface area contributed by atoms with Crippen molar-refractivity contribution in [2.45, 2.75) is 72.1 Å². The molecule has 13 heteroatoms. The first kappa shape index (κ1) is 38.1. The number of hydrogen-bond acceptors (Lipinski definition) is 8. The molecule has 4 N–H and O–H groups in total. The van der Waals surface area contributed by atoms with E-state index in [0.29, 0.717) is 40.9 Å². The Balaban J connectivity index is 1.37. The first-order valence-electron chi connectivity index (χ1n) is 17.8. The number of urea groups is 2.